The molecule has 174 valence electrons. The lowest BCUT2D eigenvalue weighted by Gasteiger charge is -2.30. The van der Waals surface area contributed by atoms with Gasteiger partial charge in [0.15, 0.2) is 0 Å². The lowest BCUT2D eigenvalue weighted by atomic mass is 9.78. The van der Waals surface area contributed by atoms with Gasteiger partial charge in [-0.1, -0.05) is 80.3 Å². The van der Waals surface area contributed by atoms with E-state index in [-0.39, 0.29) is 11.8 Å². The Labute approximate surface area is 197 Å². The van der Waals surface area contributed by atoms with Crippen LogP contribution in [0.4, 0.5) is 5.69 Å². The Kier molecular flexibility index (Phi) is 6.59. The fourth-order valence-corrected chi connectivity index (χ4v) is 5.69. The molecule has 2 atom stereocenters. The number of benzene rings is 2. The van der Waals surface area contributed by atoms with Crippen molar-refractivity contribution < 1.29 is 14.7 Å². The van der Waals surface area contributed by atoms with Crippen LogP contribution in [0.1, 0.15) is 30.4 Å². The molecule has 0 aliphatic carbocycles. The Balaban J connectivity index is 1.72. The normalized spacial score (nSPS) is 23.1. The van der Waals surface area contributed by atoms with Gasteiger partial charge >= 0.3 is 0 Å². The number of aliphatic hydroxyl groups is 1. The smallest absolute Gasteiger partial charge is 0.241 e. The summed E-state index contributed by atoms with van der Waals surface area (Å²) in [6.45, 7) is 7.81. The molecule has 0 bridgehead atoms. The highest BCUT2D eigenvalue weighted by Crippen LogP contribution is 2.46. The van der Waals surface area contributed by atoms with Gasteiger partial charge in [-0.05, 0) is 29.7 Å². The molecule has 0 radical (unpaired) electrons. The van der Waals surface area contributed by atoms with Crippen molar-refractivity contribution in [3.63, 3.8) is 0 Å². The summed E-state index contributed by atoms with van der Waals surface area (Å²) in [6.07, 6.45) is 4.79. The minimum absolute atomic E-state index is 0.0383. The molecule has 2 amide bonds. The summed E-state index contributed by atoms with van der Waals surface area (Å²) in [7, 11) is -1.34. The number of nitrogens with zero attached hydrogens (tertiary/aromatic N) is 2. The van der Waals surface area contributed by atoms with E-state index in [0.29, 0.717) is 32.4 Å². The maximum Gasteiger partial charge on any atom is 0.241 e. The monoisotopic (exact) mass is 462 g/mol. The van der Waals surface area contributed by atoms with Crippen LogP contribution in [0.2, 0.25) is 25.7 Å². The molecule has 1 N–H and O–H groups in total. The Morgan fingerprint density at radius 2 is 1.76 bits per heavy atom. The van der Waals surface area contributed by atoms with Gasteiger partial charge < -0.3 is 14.9 Å². The van der Waals surface area contributed by atoms with Gasteiger partial charge in [0.1, 0.15) is 6.23 Å². The molecule has 6 heteroatoms. The van der Waals surface area contributed by atoms with Gasteiger partial charge in [-0.15, -0.1) is 0 Å². The van der Waals surface area contributed by atoms with E-state index in [9.17, 15) is 14.7 Å². The fraction of sp³-hybridized carbons (Fsp3) is 0.407. The van der Waals surface area contributed by atoms with E-state index in [2.05, 4.69) is 31.8 Å². The number of aliphatic hydroxyl groups excluding tert-OH is 1. The van der Waals surface area contributed by atoms with Crippen LogP contribution < -0.4 is 4.90 Å². The molecular formula is C27H34N2O3Si. The third-order valence-corrected chi connectivity index (χ3v) is 8.12. The van der Waals surface area contributed by atoms with Gasteiger partial charge in [0, 0.05) is 33.1 Å². The maximum atomic E-state index is 14.1. The number of hydrogen-bond donors (Lipinski definition) is 1. The second-order valence-electron chi connectivity index (χ2n) is 10.4. The van der Waals surface area contributed by atoms with Crippen molar-refractivity contribution in [1.82, 2.24) is 4.90 Å². The highest BCUT2D eigenvalue weighted by atomic mass is 28.3. The number of allylic oxidation sites excluding steroid dienone is 1. The van der Waals surface area contributed by atoms with Crippen LogP contribution in [0.15, 0.2) is 66.7 Å². The number of likely N-dealkylation sites (tertiary alicyclic amines) is 1. The zero-order valence-electron chi connectivity index (χ0n) is 19.8. The third-order valence-electron chi connectivity index (χ3n) is 6.66. The average Bonchev–Trinajstić information content (AvgIpc) is 3.22. The van der Waals surface area contributed by atoms with Crippen LogP contribution >= 0.6 is 0 Å². The second kappa shape index (κ2) is 9.27. The summed E-state index contributed by atoms with van der Waals surface area (Å²) in [5.74, 6) is 0.00381. The van der Waals surface area contributed by atoms with Crippen molar-refractivity contribution in [3.05, 3.63) is 77.9 Å². The van der Waals surface area contributed by atoms with E-state index in [1.165, 1.54) is 4.90 Å². The summed E-state index contributed by atoms with van der Waals surface area (Å²) in [4.78, 5) is 29.9. The lowest BCUT2D eigenvalue weighted by molar-refractivity contribution is -0.134. The number of anilines is 1. The lowest BCUT2D eigenvalue weighted by Crippen LogP contribution is -2.43. The molecule has 0 saturated carbocycles. The van der Waals surface area contributed by atoms with Crippen molar-refractivity contribution >= 4 is 25.6 Å². The van der Waals surface area contributed by atoms with Crippen molar-refractivity contribution in [1.29, 1.82) is 0 Å². The van der Waals surface area contributed by atoms with E-state index in [0.717, 1.165) is 22.9 Å². The number of para-hydroxylation sites is 1. The number of fused-ring (bicyclic) bond motifs is 1. The standard InChI is InChI=1S/C27H34N2O3Si/c1-33(2,3)19-9-16-27(17-18-28-24(30)14-15-25(28)31)22-12-7-8-13-23(22)29(26(27)32)20-21-10-5-4-6-11-21/h4-13,16,24,30H,14-15,17-20H2,1-3H3/b16-9+. The molecule has 5 nitrogen and oxygen atoms in total. The number of carbonyl (C=O) groups excluding carboxylic acids is 2. The Hall–Kier alpha value is -2.70. The highest BCUT2D eigenvalue weighted by Gasteiger charge is 2.49. The molecule has 0 aromatic heterocycles. The van der Waals surface area contributed by atoms with Gasteiger partial charge in [0.25, 0.3) is 0 Å². The molecule has 2 unspecified atom stereocenters. The average molecular weight is 463 g/mol. The first-order valence-corrected chi connectivity index (χ1v) is 15.5. The predicted molar refractivity (Wildman–Crippen MR) is 135 cm³/mol. The summed E-state index contributed by atoms with van der Waals surface area (Å²) in [5, 5.41) is 10.3. The Morgan fingerprint density at radius 3 is 2.42 bits per heavy atom. The molecule has 33 heavy (non-hydrogen) atoms. The van der Waals surface area contributed by atoms with Crippen molar-refractivity contribution in [3.8, 4) is 0 Å². The molecule has 0 spiro atoms. The molecule has 2 aliphatic heterocycles. The molecule has 1 saturated heterocycles. The zero-order chi connectivity index (χ0) is 23.6. The van der Waals surface area contributed by atoms with Gasteiger partial charge in [0.2, 0.25) is 11.8 Å². The number of rotatable bonds is 8. The largest absolute Gasteiger partial charge is 0.374 e. The zero-order valence-corrected chi connectivity index (χ0v) is 20.8. The molecule has 2 heterocycles. The molecule has 4 rings (SSSR count). The van der Waals surface area contributed by atoms with E-state index in [1.54, 1.807) is 0 Å². The molecular weight excluding hydrogens is 428 g/mol. The first-order valence-electron chi connectivity index (χ1n) is 11.8. The molecule has 2 aromatic carbocycles. The van der Waals surface area contributed by atoms with Crippen LogP contribution in [0, 0.1) is 0 Å². The second-order valence-corrected chi connectivity index (χ2v) is 15.9. The van der Waals surface area contributed by atoms with Crippen molar-refractivity contribution in [2.75, 3.05) is 11.4 Å². The Bertz CT molecular complexity index is 1050. The minimum atomic E-state index is -1.34. The van der Waals surface area contributed by atoms with Gasteiger partial charge in [-0.2, -0.15) is 0 Å². The number of amides is 2. The van der Waals surface area contributed by atoms with Crippen LogP contribution in [0.3, 0.4) is 0 Å². The third kappa shape index (κ3) is 4.82. The van der Waals surface area contributed by atoms with E-state index in [1.807, 2.05) is 59.5 Å². The summed E-state index contributed by atoms with van der Waals surface area (Å²) >= 11 is 0. The Morgan fingerprint density at radius 1 is 1.06 bits per heavy atom. The topological polar surface area (TPSA) is 60.9 Å². The first-order chi connectivity index (χ1) is 15.7. The molecule has 2 aromatic rings. The van der Waals surface area contributed by atoms with Crippen LogP contribution in [0.5, 0.6) is 0 Å². The maximum absolute atomic E-state index is 14.1. The first kappa shape index (κ1) is 23.5. The van der Waals surface area contributed by atoms with Gasteiger partial charge in [0.05, 0.1) is 12.0 Å². The van der Waals surface area contributed by atoms with Crippen LogP contribution in [0.25, 0.3) is 0 Å². The van der Waals surface area contributed by atoms with Gasteiger partial charge in [-0.3, -0.25) is 9.59 Å². The quantitative estimate of drug-likeness (QED) is 0.457. The van der Waals surface area contributed by atoms with E-state index < -0.39 is 19.7 Å². The summed E-state index contributed by atoms with van der Waals surface area (Å²) in [5.41, 5.74) is 2.15. The van der Waals surface area contributed by atoms with Crippen molar-refractivity contribution in [2.24, 2.45) is 0 Å². The SMILES string of the molecule is C[Si](C)(C)C/C=C/C1(CCN2C(=O)CCC2O)C(=O)N(Cc2ccccc2)c2ccccc21. The highest BCUT2D eigenvalue weighted by molar-refractivity contribution is 6.76. The van der Waals surface area contributed by atoms with E-state index in [4.69, 9.17) is 0 Å². The van der Waals surface area contributed by atoms with Crippen LogP contribution in [-0.4, -0.2) is 42.7 Å². The number of hydrogen-bond acceptors (Lipinski definition) is 3. The molecule has 1 fully saturated rings. The number of carbonyl (C=O) groups is 2. The summed E-state index contributed by atoms with van der Waals surface area (Å²) in [6, 6.07) is 19.0. The van der Waals surface area contributed by atoms with Gasteiger partial charge in [-0.25, -0.2) is 0 Å². The minimum Gasteiger partial charge on any atom is -0.374 e. The van der Waals surface area contributed by atoms with E-state index >= 15 is 0 Å². The predicted octanol–water partition coefficient (Wildman–Crippen LogP) is 4.70. The summed E-state index contributed by atoms with van der Waals surface area (Å²) < 4.78 is 0. The molecule has 2 aliphatic rings. The van der Waals surface area contributed by atoms with Crippen molar-refractivity contribution in [2.45, 2.75) is 63.1 Å². The van der Waals surface area contributed by atoms with Crippen LogP contribution in [-0.2, 0) is 21.5 Å². The fourth-order valence-electron chi connectivity index (χ4n) is 4.86.